The molecule has 0 aliphatic heterocycles. The predicted molar refractivity (Wildman–Crippen MR) is 60.3 cm³/mol. The van der Waals surface area contributed by atoms with Crippen molar-refractivity contribution in [2.24, 2.45) is 5.41 Å². The molecule has 0 atom stereocenters. The van der Waals surface area contributed by atoms with Crippen LogP contribution in [0.15, 0.2) is 6.07 Å². The molecule has 0 radical (unpaired) electrons. The summed E-state index contributed by atoms with van der Waals surface area (Å²) >= 11 is 17.4. The molecule has 1 aromatic rings. The molecule has 0 aromatic carbocycles. The van der Waals surface area contributed by atoms with E-state index in [1.54, 1.807) is 6.07 Å². The first-order valence-corrected chi connectivity index (χ1v) is 5.47. The van der Waals surface area contributed by atoms with Gasteiger partial charge in [0.05, 0.1) is 0 Å². The summed E-state index contributed by atoms with van der Waals surface area (Å²) < 4.78 is 0. The number of rotatable bonds is 3. The molecule has 0 fully saturated rings. The normalized spacial score (nSPS) is 11.8. The maximum atomic E-state index is 5.88. The maximum Gasteiger partial charge on any atom is 0.155 e. The second-order valence-electron chi connectivity index (χ2n) is 3.96. The molecule has 0 saturated carbocycles. The Morgan fingerprint density at radius 1 is 1.29 bits per heavy atom. The van der Waals surface area contributed by atoms with Crippen LogP contribution >= 0.6 is 34.8 Å². The average molecular weight is 254 g/mol. The Morgan fingerprint density at radius 2 is 1.93 bits per heavy atom. The SMILES string of the molecule is CC(C)(CCl)Cc1cc(Cl)nnc1Cl. The van der Waals surface area contributed by atoms with Crippen LogP contribution in [0.2, 0.25) is 10.3 Å². The Balaban J connectivity index is 2.91. The number of nitrogens with zero attached hydrogens (tertiary/aromatic N) is 2. The fraction of sp³-hybridized carbons (Fsp3) is 0.556. The molecule has 0 N–H and O–H groups in total. The van der Waals surface area contributed by atoms with Crippen molar-refractivity contribution in [2.75, 3.05) is 5.88 Å². The van der Waals surface area contributed by atoms with Crippen LogP contribution in [0.5, 0.6) is 0 Å². The molecule has 14 heavy (non-hydrogen) atoms. The molecule has 0 aliphatic rings. The minimum atomic E-state index is -0.0163. The topological polar surface area (TPSA) is 25.8 Å². The van der Waals surface area contributed by atoms with E-state index in [2.05, 4.69) is 24.0 Å². The van der Waals surface area contributed by atoms with E-state index >= 15 is 0 Å². The van der Waals surface area contributed by atoms with Gasteiger partial charge in [0.15, 0.2) is 10.3 Å². The van der Waals surface area contributed by atoms with E-state index in [9.17, 15) is 0 Å². The van der Waals surface area contributed by atoms with E-state index in [1.807, 2.05) is 0 Å². The van der Waals surface area contributed by atoms with Crippen LogP contribution in [0, 0.1) is 5.41 Å². The zero-order chi connectivity index (χ0) is 10.8. The second-order valence-corrected chi connectivity index (χ2v) is 4.97. The molecule has 0 aliphatic carbocycles. The van der Waals surface area contributed by atoms with Gasteiger partial charge in [-0.25, -0.2) is 0 Å². The highest BCUT2D eigenvalue weighted by molar-refractivity contribution is 6.31. The predicted octanol–water partition coefficient (Wildman–Crippen LogP) is 3.59. The average Bonchev–Trinajstić information content (AvgIpc) is 2.11. The fourth-order valence-electron chi connectivity index (χ4n) is 1.07. The Bertz CT molecular complexity index is 326. The minimum absolute atomic E-state index is 0.0163. The summed E-state index contributed by atoms with van der Waals surface area (Å²) in [7, 11) is 0. The highest BCUT2D eigenvalue weighted by Crippen LogP contribution is 2.27. The van der Waals surface area contributed by atoms with Gasteiger partial charge in [0.25, 0.3) is 0 Å². The van der Waals surface area contributed by atoms with Crippen LogP contribution in [0.1, 0.15) is 19.4 Å². The third kappa shape index (κ3) is 3.26. The number of hydrogen-bond acceptors (Lipinski definition) is 2. The molecule has 2 nitrogen and oxygen atoms in total. The van der Waals surface area contributed by atoms with Crippen molar-refractivity contribution in [2.45, 2.75) is 20.3 Å². The van der Waals surface area contributed by atoms with Crippen LogP contribution in [0.3, 0.4) is 0 Å². The lowest BCUT2D eigenvalue weighted by atomic mass is 9.89. The summed E-state index contributed by atoms with van der Waals surface area (Å²) in [5.41, 5.74) is 0.870. The van der Waals surface area contributed by atoms with Crippen LogP contribution in [0.25, 0.3) is 0 Å². The van der Waals surface area contributed by atoms with Gasteiger partial charge in [0, 0.05) is 5.88 Å². The van der Waals surface area contributed by atoms with Gasteiger partial charge in [-0.05, 0) is 23.5 Å². The summed E-state index contributed by atoms with van der Waals surface area (Å²) in [6, 6.07) is 1.73. The molecule has 1 heterocycles. The highest BCUT2D eigenvalue weighted by Gasteiger charge is 2.19. The molecule has 1 rings (SSSR count). The molecular formula is C9H11Cl3N2. The zero-order valence-electron chi connectivity index (χ0n) is 8.02. The van der Waals surface area contributed by atoms with Crippen LogP contribution < -0.4 is 0 Å². The fourth-order valence-corrected chi connectivity index (χ4v) is 1.50. The van der Waals surface area contributed by atoms with E-state index < -0.39 is 0 Å². The molecule has 5 heteroatoms. The van der Waals surface area contributed by atoms with E-state index in [4.69, 9.17) is 34.8 Å². The van der Waals surface area contributed by atoms with Gasteiger partial charge in [0.1, 0.15) is 0 Å². The molecule has 0 bridgehead atoms. The summed E-state index contributed by atoms with van der Waals surface area (Å²) in [5.74, 6) is 0.559. The zero-order valence-corrected chi connectivity index (χ0v) is 10.3. The number of alkyl halides is 1. The second kappa shape index (κ2) is 4.65. The molecular weight excluding hydrogens is 242 g/mol. The Labute approximate surface area is 98.6 Å². The van der Waals surface area contributed by atoms with Gasteiger partial charge in [-0.15, -0.1) is 21.8 Å². The van der Waals surface area contributed by atoms with E-state index in [1.165, 1.54) is 0 Å². The smallest absolute Gasteiger partial charge is 0.137 e. The van der Waals surface area contributed by atoms with Crippen molar-refractivity contribution in [3.63, 3.8) is 0 Å². The molecule has 0 amide bonds. The minimum Gasteiger partial charge on any atom is -0.137 e. The van der Waals surface area contributed by atoms with Crippen molar-refractivity contribution < 1.29 is 0 Å². The summed E-state index contributed by atoms with van der Waals surface area (Å²) in [6.07, 6.45) is 0.741. The lowest BCUT2D eigenvalue weighted by Crippen LogP contribution is -2.17. The number of aromatic nitrogens is 2. The summed E-state index contributed by atoms with van der Waals surface area (Å²) in [6.45, 7) is 4.12. The van der Waals surface area contributed by atoms with Crippen molar-refractivity contribution >= 4 is 34.8 Å². The van der Waals surface area contributed by atoms with Crippen molar-refractivity contribution in [3.05, 3.63) is 21.9 Å². The molecule has 0 unspecified atom stereocenters. The molecule has 78 valence electrons. The molecule has 0 saturated heterocycles. The Morgan fingerprint density at radius 3 is 2.50 bits per heavy atom. The maximum absolute atomic E-state index is 5.88. The number of halogens is 3. The van der Waals surface area contributed by atoms with Gasteiger partial charge in [-0.1, -0.05) is 37.0 Å². The van der Waals surface area contributed by atoms with Gasteiger partial charge in [-0.2, -0.15) is 0 Å². The van der Waals surface area contributed by atoms with Crippen molar-refractivity contribution in [1.29, 1.82) is 0 Å². The third-order valence-electron chi connectivity index (χ3n) is 1.82. The first kappa shape index (κ1) is 12.0. The van der Waals surface area contributed by atoms with Gasteiger partial charge < -0.3 is 0 Å². The third-order valence-corrected chi connectivity index (χ3v) is 3.05. The highest BCUT2D eigenvalue weighted by atomic mass is 35.5. The quantitative estimate of drug-likeness (QED) is 0.769. The summed E-state index contributed by atoms with van der Waals surface area (Å²) in [5, 5.41) is 8.14. The monoisotopic (exact) mass is 252 g/mol. The summed E-state index contributed by atoms with van der Waals surface area (Å²) in [4.78, 5) is 0. The van der Waals surface area contributed by atoms with Crippen LogP contribution in [-0.2, 0) is 6.42 Å². The van der Waals surface area contributed by atoms with Crippen LogP contribution in [-0.4, -0.2) is 16.1 Å². The first-order valence-electron chi connectivity index (χ1n) is 4.18. The van der Waals surface area contributed by atoms with E-state index in [-0.39, 0.29) is 5.41 Å². The van der Waals surface area contributed by atoms with Crippen molar-refractivity contribution in [1.82, 2.24) is 10.2 Å². The molecule has 0 spiro atoms. The Kier molecular flexibility index (Phi) is 3.99. The number of hydrogen-bond donors (Lipinski definition) is 0. The van der Waals surface area contributed by atoms with Crippen LogP contribution in [0.4, 0.5) is 0 Å². The standard InChI is InChI=1S/C9H11Cl3N2/c1-9(2,5-10)4-6-3-7(11)13-14-8(6)12/h3H,4-5H2,1-2H3. The lowest BCUT2D eigenvalue weighted by Gasteiger charge is -2.21. The lowest BCUT2D eigenvalue weighted by molar-refractivity contribution is 0.417. The molecule has 1 aromatic heterocycles. The van der Waals surface area contributed by atoms with Gasteiger partial charge in [0.2, 0.25) is 0 Å². The Hall–Kier alpha value is -0.0500. The van der Waals surface area contributed by atoms with Gasteiger partial charge in [-0.3, -0.25) is 0 Å². The van der Waals surface area contributed by atoms with E-state index in [0.717, 1.165) is 12.0 Å². The van der Waals surface area contributed by atoms with Crippen molar-refractivity contribution in [3.8, 4) is 0 Å². The first-order chi connectivity index (χ1) is 6.44. The largest absolute Gasteiger partial charge is 0.155 e. The van der Waals surface area contributed by atoms with E-state index in [0.29, 0.717) is 16.2 Å². The van der Waals surface area contributed by atoms with Gasteiger partial charge >= 0.3 is 0 Å².